The van der Waals surface area contributed by atoms with Crippen LogP contribution in [0.1, 0.15) is 12.0 Å². The fraction of sp³-hybridized carbons (Fsp3) is 0.222. The number of benzene rings is 2. The van der Waals surface area contributed by atoms with Gasteiger partial charge in [-0.1, -0.05) is 42.5 Å². The van der Waals surface area contributed by atoms with E-state index < -0.39 is 10.8 Å². The zero-order valence-corrected chi connectivity index (χ0v) is 15.3. The Morgan fingerprint density at radius 1 is 1.07 bits per heavy atom. The van der Waals surface area contributed by atoms with Crippen molar-refractivity contribution in [1.82, 2.24) is 16.2 Å². The Kier molecular flexibility index (Phi) is 7.98. The van der Waals surface area contributed by atoms with Crippen LogP contribution in [0.5, 0.6) is 5.75 Å². The fourth-order valence-electron chi connectivity index (χ4n) is 2.22. The average molecular weight is 388 g/mol. The minimum Gasteiger partial charge on any atom is -0.477 e. The molecule has 0 bridgehead atoms. The monoisotopic (exact) mass is 388 g/mol. The van der Waals surface area contributed by atoms with Gasteiger partial charge in [-0.05, 0) is 36.7 Å². The van der Waals surface area contributed by atoms with E-state index in [1.165, 1.54) is 23.8 Å². The lowest BCUT2D eigenvalue weighted by molar-refractivity contribution is -0.385. The Labute approximate surface area is 162 Å². The molecule has 0 fully saturated rings. The quantitative estimate of drug-likeness (QED) is 0.275. The van der Waals surface area contributed by atoms with Crippen molar-refractivity contribution < 1.29 is 14.5 Å². The molecule has 1 amide bonds. The first-order valence-electron chi connectivity index (χ1n) is 8.29. The van der Waals surface area contributed by atoms with Crippen LogP contribution < -0.4 is 20.9 Å². The van der Waals surface area contributed by atoms with E-state index in [1.807, 2.05) is 18.2 Å². The molecule has 0 aliphatic rings. The Bertz CT molecular complexity index is 786. The predicted octanol–water partition coefficient (Wildman–Crippen LogP) is 2.10. The molecule has 0 aliphatic carbocycles. The molecule has 2 aromatic carbocycles. The van der Waals surface area contributed by atoms with Crippen LogP contribution in [0.3, 0.4) is 0 Å². The van der Waals surface area contributed by atoms with Gasteiger partial charge in [0.15, 0.2) is 17.5 Å². The number of nitro groups is 1. The van der Waals surface area contributed by atoms with Crippen molar-refractivity contribution in [2.45, 2.75) is 12.8 Å². The van der Waals surface area contributed by atoms with E-state index in [9.17, 15) is 14.9 Å². The minimum atomic E-state index is -0.569. The number of hydrazine groups is 1. The van der Waals surface area contributed by atoms with Gasteiger partial charge in [0.05, 0.1) is 4.92 Å². The Balaban J connectivity index is 1.62. The lowest BCUT2D eigenvalue weighted by atomic mass is 10.1. The maximum atomic E-state index is 11.8. The van der Waals surface area contributed by atoms with Crippen molar-refractivity contribution in [1.29, 1.82) is 0 Å². The third-order valence-electron chi connectivity index (χ3n) is 3.51. The predicted molar refractivity (Wildman–Crippen MR) is 105 cm³/mol. The standard InChI is InChI=1S/C18H20N4O4S/c23-17(13-26-16-11-5-4-10-15(16)22(24)25)20-21-18(27)19-12-6-9-14-7-2-1-3-8-14/h1-5,7-8,10-11H,6,9,12-13H2,(H,20,23)(H2,19,21,27). The Morgan fingerprint density at radius 2 is 1.78 bits per heavy atom. The number of nitrogens with one attached hydrogen (secondary N) is 3. The molecule has 0 saturated carbocycles. The highest BCUT2D eigenvalue weighted by molar-refractivity contribution is 7.80. The van der Waals surface area contributed by atoms with Gasteiger partial charge in [0.2, 0.25) is 0 Å². The van der Waals surface area contributed by atoms with Crippen LogP contribution in [0.4, 0.5) is 5.69 Å². The number of nitro benzene ring substituents is 1. The summed E-state index contributed by atoms with van der Waals surface area (Å²) in [7, 11) is 0. The highest BCUT2D eigenvalue weighted by Gasteiger charge is 2.14. The summed E-state index contributed by atoms with van der Waals surface area (Å²) in [5, 5.41) is 14.1. The van der Waals surface area contributed by atoms with E-state index in [2.05, 4.69) is 28.3 Å². The average Bonchev–Trinajstić information content (AvgIpc) is 2.69. The molecule has 27 heavy (non-hydrogen) atoms. The second-order valence-electron chi connectivity index (χ2n) is 5.53. The number of thiocarbonyl (C=S) groups is 1. The number of hydrogen-bond donors (Lipinski definition) is 3. The molecule has 0 radical (unpaired) electrons. The van der Waals surface area contributed by atoms with E-state index in [4.69, 9.17) is 17.0 Å². The number of nitrogens with zero attached hydrogens (tertiary/aromatic N) is 1. The summed E-state index contributed by atoms with van der Waals surface area (Å²) in [6, 6.07) is 15.9. The zero-order chi connectivity index (χ0) is 19.5. The molecule has 0 aliphatic heterocycles. The molecular formula is C18H20N4O4S. The van der Waals surface area contributed by atoms with Gasteiger partial charge in [-0.3, -0.25) is 25.8 Å². The molecule has 0 heterocycles. The van der Waals surface area contributed by atoms with E-state index in [-0.39, 0.29) is 23.2 Å². The molecule has 0 saturated heterocycles. The first kappa shape index (κ1) is 20.1. The SMILES string of the molecule is O=C(COc1ccccc1[N+](=O)[O-])NNC(=S)NCCCc1ccccc1. The highest BCUT2D eigenvalue weighted by atomic mass is 32.1. The second kappa shape index (κ2) is 10.7. The Morgan fingerprint density at radius 3 is 2.52 bits per heavy atom. The lowest BCUT2D eigenvalue weighted by Crippen LogP contribution is -2.48. The largest absolute Gasteiger partial charge is 0.477 e. The zero-order valence-electron chi connectivity index (χ0n) is 14.5. The third kappa shape index (κ3) is 7.28. The molecular weight excluding hydrogens is 368 g/mol. The smallest absolute Gasteiger partial charge is 0.310 e. The summed E-state index contributed by atoms with van der Waals surface area (Å²) in [4.78, 5) is 22.1. The van der Waals surface area contributed by atoms with Gasteiger partial charge in [-0.15, -0.1) is 0 Å². The van der Waals surface area contributed by atoms with Crippen molar-refractivity contribution in [3.63, 3.8) is 0 Å². The maximum absolute atomic E-state index is 11.8. The molecule has 2 aromatic rings. The number of ether oxygens (including phenoxy) is 1. The van der Waals surface area contributed by atoms with E-state index >= 15 is 0 Å². The van der Waals surface area contributed by atoms with Crippen LogP contribution in [0.15, 0.2) is 54.6 Å². The van der Waals surface area contributed by atoms with Crippen LogP contribution in [0, 0.1) is 10.1 Å². The number of rotatable bonds is 8. The fourth-order valence-corrected chi connectivity index (χ4v) is 2.37. The van der Waals surface area contributed by atoms with Crippen LogP contribution in [0.2, 0.25) is 0 Å². The molecule has 0 unspecified atom stereocenters. The molecule has 8 nitrogen and oxygen atoms in total. The van der Waals surface area contributed by atoms with Crippen molar-refractivity contribution in [3.8, 4) is 5.75 Å². The summed E-state index contributed by atoms with van der Waals surface area (Å²) < 4.78 is 5.18. The van der Waals surface area contributed by atoms with E-state index in [0.29, 0.717) is 6.54 Å². The van der Waals surface area contributed by atoms with Gasteiger partial charge >= 0.3 is 5.69 Å². The van der Waals surface area contributed by atoms with Crippen molar-refractivity contribution in [3.05, 3.63) is 70.3 Å². The summed E-state index contributed by atoms with van der Waals surface area (Å²) in [6.45, 7) is 0.276. The number of para-hydroxylation sites is 2. The van der Waals surface area contributed by atoms with Gasteiger partial charge in [0.25, 0.3) is 5.91 Å². The van der Waals surface area contributed by atoms with Gasteiger partial charge in [0, 0.05) is 12.6 Å². The number of amides is 1. The summed E-state index contributed by atoms with van der Waals surface area (Å²) in [6.07, 6.45) is 1.81. The van der Waals surface area contributed by atoms with Crippen LogP contribution >= 0.6 is 12.2 Å². The molecule has 142 valence electrons. The number of aryl methyl sites for hydroxylation is 1. The molecule has 0 atom stereocenters. The normalized spacial score (nSPS) is 9.93. The number of carbonyl (C=O) groups is 1. The molecule has 0 aromatic heterocycles. The van der Waals surface area contributed by atoms with E-state index in [0.717, 1.165) is 12.8 Å². The molecule has 3 N–H and O–H groups in total. The lowest BCUT2D eigenvalue weighted by Gasteiger charge is -2.12. The third-order valence-corrected chi connectivity index (χ3v) is 3.75. The van der Waals surface area contributed by atoms with E-state index in [1.54, 1.807) is 6.07 Å². The topological polar surface area (TPSA) is 106 Å². The van der Waals surface area contributed by atoms with Crippen LogP contribution in [-0.4, -0.2) is 29.1 Å². The Hall–Kier alpha value is -3.20. The second-order valence-corrected chi connectivity index (χ2v) is 5.94. The van der Waals surface area contributed by atoms with Crippen molar-refractivity contribution in [2.75, 3.05) is 13.2 Å². The van der Waals surface area contributed by atoms with Gasteiger partial charge in [-0.25, -0.2) is 0 Å². The first-order chi connectivity index (χ1) is 13.1. The maximum Gasteiger partial charge on any atom is 0.310 e. The molecule has 9 heteroatoms. The molecule has 2 rings (SSSR count). The molecule has 0 spiro atoms. The summed E-state index contributed by atoms with van der Waals surface area (Å²) >= 11 is 5.07. The van der Waals surface area contributed by atoms with Crippen molar-refractivity contribution in [2.24, 2.45) is 0 Å². The van der Waals surface area contributed by atoms with Crippen molar-refractivity contribution >= 4 is 28.9 Å². The van der Waals surface area contributed by atoms with Gasteiger partial charge < -0.3 is 10.1 Å². The van der Waals surface area contributed by atoms with Gasteiger partial charge in [0.1, 0.15) is 0 Å². The number of carbonyl (C=O) groups excluding carboxylic acids is 1. The van der Waals surface area contributed by atoms with Crippen LogP contribution in [0.25, 0.3) is 0 Å². The minimum absolute atomic E-state index is 0.0271. The van der Waals surface area contributed by atoms with Crippen LogP contribution in [-0.2, 0) is 11.2 Å². The number of hydrogen-bond acceptors (Lipinski definition) is 5. The highest BCUT2D eigenvalue weighted by Crippen LogP contribution is 2.25. The summed E-state index contributed by atoms with van der Waals surface area (Å²) in [5.74, 6) is -0.485. The first-order valence-corrected chi connectivity index (χ1v) is 8.70. The summed E-state index contributed by atoms with van der Waals surface area (Å²) in [5.41, 5.74) is 5.98. The van der Waals surface area contributed by atoms with Gasteiger partial charge in [-0.2, -0.15) is 0 Å².